The molecule has 1 aliphatic rings. The molecular weight excluding hydrogens is 231 g/mol. The summed E-state index contributed by atoms with van der Waals surface area (Å²) < 4.78 is 5.91. The molecule has 1 aliphatic carbocycles. The Balaban J connectivity index is 2.12. The Morgan fingerprint density at radius 3 is 2.67 bits per heavy atom. The number of hydrogen-bond acceptors (Lipinski definition) is 1. The van der Waals surface area contributed by atoms with Crippen LogP contribution in [0.15, 0.2) is 18.2 Å². The van der Waals surface area contributed by atoms with Gasteiger partial charge in [-0.2, -0.15) is 0 Å². The molecule has 0 spiro atoms. The van der Waals surface area contributed by atoms with Crippen molar-refractivity contribution in [1.29, 1.82) is 0 Å². The third-order valence-corrected chi connectivity index (χ3v) is 3.29. The van der Waals surface area contributed by atoms with E-state index in [4.69, 9.17) is 27.9 Å². The molecule has 3 heteroatoms. The van der Waals surface area contributed by atoms with E-state index in [1.807, 2.05) is 18.2 Å². The topological polar surface area (TPSA) is 9.23 Å². The molecule has 0 saturated heterocycles. The van der Waals surface area contributed by atoms with E-state index in [2.05, 4.69) is 0 Å². The van der Waals surface area contributed by atoms with Crippen LogP contribution in [0.3, 0.4) is 0 Å². The summed E-state index contributed by atoms with van der Waals surface area (Å²) in [5, 5.41) is 0.712. The maximum Gasteiger partial charge on any atom is 0.124 e. The Hall–Kier alpha value is -0.400. The summed E-state index contributed by atoms with van der Waals surface area (Å²) in [5.74, 6) is 1.34. The fraction of sp³-hybridized carbons (Fsp3) is 0.500. The highest BCUT2D eigenvalue weighted by molar-refractivity contribution is 6.30. The van der Waals surface area contributed by atoms with Gasteiger partial charge in [-0.3, -0.25) is 0 Å². The molecule has 0 heterocycles. The Morgan fingerprint density at radius 1 is 1.27 bits per heavy atom. The van der Waals surface area contributed by atoms with Crippen molar-refractivity contribution in [2.24, 2.45) is 0 Å². The minimum atomic E-state index is 0.369. The predicted molar refractivity (Wildman–Crippen MR) is 63.9 cm³/mol. The van der Waals surface area contributed by atoms with Crippen molar-refractivity contribution in [2.75, 3.05) is 0 Å². The molecule has 0 aliphatic heterocycles. The second kappa shape index (κ2) is 5.09. The summed E-state index contributed by atoms with van der Waals surface area (Å²) in [6, 6.07) is 5.64. The van der Waals surface area contributed by atoms with Crippen LogP contribution in [0.4, 0.5) is 0 Å². The van der Waals surface area contributed by atoms with Gasteiger partial charge in [-0.1, -0.05) is 11.6 Å². The SMILES string of the molecule is ClCc1cc(Cl)ccc1OC1CCCC1. The van der Waals surface area contributed by atoms with Crippen LogP contribution in [0.2, 0.25) is 5.02 Å². The first-order valence-electron chi connectivity index (χ1n) is 5.30. The first-order chi connectivity index (χ1) is 7.29. The number of ether oxygens (including phenoxy) is 1. The van der Waals surface area contributed by atoms with E-state index in [0.29, 0.717) is 17.0 Å². The maximum absolute atomic E-state index is 5.91. The number of rotatable bonds is 3. The highest BCUT2D eigenvalue weighted by Crippen LogP contribution is 2.29. The molecule has 2 rings (SSSR count). The summed E-state index contributed by atoms with van der Waals surface area (Å²) in [7, 11) is 0. The van der Waals surface area contributed by atoms with E-state index in [-0.39, 0.29) is 0 Å². The molecular formula is C12H14Cl2O. The number of hydrogen-bond donors (Lipinski definition) is 0. The molecule has 0 atom stereocenters. The van der Waals surface area contributed by atoms with Gasteiger partial charge in [0.25, 0.3) is 0 Å². The van der Waals surface area contributed by atoms with Gasteiger partial charge in [-0.15, -0.1) is 11.6 Å². The summed E-state index contributed by atoms with van der Waals surface area (Å²) in [6.45, 7) is 0. The molecule has 0 unspecified atom stereocenters. The fourth-order valence-electron chi connectivity index (χ4n) is 1.95. The van der Waals surface area contributed by atoms with Crippen molar-refractivity contribution in [3.8, 4) is 5.75 Å². The van der Waals surface area contributed by atoms with Crippen molar-refractivity contribution >= 4 is 23.2 Å². The lowest BCUT2D eigenvalue weighted by atomic mass is 10.2. The van der Waals surface area contributed by atoms with E-state index in [1.54, 1.807) is 0 Å². The van der Waals surface area contributed by atoms with Gasteiger partial charge in [0.1, 0.15) is 5.75 Å². The van der Waals surface area contributed by atoms with Gasteiger partial charge < -0.3 is 4.74 Å². The molecule has 0 N–H and O–H groups in total. The summed E-state index contributed by atoms with van der Waals surface area (Å²) >= 11 is 11.7. The molecule has 82 valence electrons. The normalized spacial score (nSPS) is 16.9. The Bertz CT molecular complexity index is 332. The van der Waals surface area contributed by atoms with Crippen LogP contribution in [0.1, 0.15) is 31.2 Å². The Morgan fingerprint density at radius 2 is 2.00 bits per heavy atom. The first kappa shape index (κ1) is 11.1. The Kier molecular flexibility index (Phi) is 3.76. The zero-order valence-corrected chi connectivity index (χ0v) is 10.0. The van der Waals surface area contributed by atoms with Crippen LogP contribution in [-0.2, 0) is 5.88 Å². The zero-order chi connectivity index (χ0) is 10.7. The smallest absolute Gasteiger partial charge is 0.124 e. The van der Waals surface area contributed by atoms with Crippen molar-refractivity contribution in [3.63, 3.8) is 0 Å². The van der Waals surface area contributed by atoms with Crippen LogP contribution in [0.5, 0.6) is 5.75 Å². The third-order valence-electron chi connectivity index (χ3n) is 2.76. The summed E-state index contributed by atoms with van der Waals surface area (Å²) in [4.78, 5) is 0. The lowest BCUT2D eigenvalue weighted by Gasteiger charge is -2.15. The van der Waals surface area contributed by atoms with Gasteiger partial charge in [0, 0.05) is 10.6 Å². The van der Waals surface area contributed by atoms with Gasteiger partial charge in [0.15, 0.2) is 0 Å². The van der Waals surface area contributed by atoms with Crippen LogP contribution >= 0.6 is 23.2 Å². The van der Waals surface area contributed by atoms with Crippen LogP contribution in [-0.4, -0.2) is 6.10 Å². The fourth-order valence-corrected chi connectivity index (χ4v) is 2.36. The first-order valence-corrected chi connectivity index (χ1v) is 6.22. The van der Waals surface area contributed by atoms with Crippen molar-refractivity contribution < 1.29 is 4.74 Å². The van der Waals surface area contributed by atoms with E-state index in [9.17, 15) is 0 Å². The number of alkyl halides is 1. The van der Waals surface area contributed by atoms with Crippen molar-refractivity contribution in [3.05, 3.63) is 28.8 Å². The second-order valence-corrected chi connectivity index (χ2v) is 4.61. The standard InChI is InChI=1S/C12H14Cl2O/c13-8-9-7-10(14)5-6-12(9)15-11-3-1-2-4-11/h5-7,11H,1-4,8H2. The van der Waals surface area contributed by atoms with Crippen LogP contribution in [0.25, 0.3) is 0 Å². The largest absolute Gasteiger partial charge is 0.490 e. The molecule has 15 heavy (non-hydrogen) atoms. The average molecular weight is 245 g/mol. The predicted octanol–water partition coefficient (Wildman–Crippen LogP) is 4.40. The molecule has 1 nitrogen and oxygen atoms in total. The van der Waals surface area contributed by atoms with Gasteiger partial charge in [0.2, 0.25) is 0 Å². The van der Waals surface area contributed by atoms with Crippen LogP contribution < -0.4 is 4.74 Å². The molecule has 0 bridgehead atoms. The molecule has 0 amide bonds. The lowest BCUT2D eigenvalue weighted by Crippen LogP contribution is -2.11. The highest BCUT2D eigenvalue weighted by Gasteiger charge is 2.17. The second-order valence-electron chi connectivity index (χ2n) is 3.91. The van der Waals surface area contributed by atoms with Crippen LogP contribution in [0, 0.1) is 0 Å². The molecule has 0 aromatic heterocycles. The quantitative estimate of drug-likeness (QED) is 0.717. The number of halogens is 2. The van der Waals surface area contributed by atoms with E-state index in [0.717, 1.165) is 24.2 Å². The third kappa shape index (κ3) is 2.79. The molecule has 1 fully saturated rings. The highest BCUT2D eigenvalue weighted by atomic mass is 35.5. The zero-order valence-electron chi connectivity index (χ0n) is 8.51. The minimum Gasteiger partial charge on any atom is -0.490 e. The number of benzene rings is 1. The lowest BCUT2D eigenvalue weighted by molar-refractivity contribution is 0.208. The van der Waals surface area contributed by atoms with Gasteiger partial charge in [-0.25, -0.2) is 0 Å². The monoisotopic (exact) mass is 244 g/mol. The van der Waals surface area contributed by atoms with Gasteiger partial charge in [-0.05, 0) is 43.9 Å². The minimum absolute atomic E-state index is 0.369. The van der Waals surface area contributed by atoms with Gasteiger partial charge in [0.05, 0.1) is 12.0 Å². The van der Waals surface area contributed by atoms with Crippen molar-refractivity contribution in [1.82, 2.24) is 0 Å². The maximum atomic E-state index is 5.91. The van der Waals surface area contributed by atoms with E-state index >= 15 is 0 Å². The van der Waals surface area contributed by atoms with E-state index in [1.165, 1.54) is 12.8 Å². The molecule has 1 aromatic rings. The molecule has 1 aromatic carbocycles. The summed E-state index contributed by atoms with van der Waals surface area (Å²) in [6.07, 6.45) is 5.23. The molecule has 1 saturated carbocycles. The van der Waals surface area contributed by atoms with Crippen molar-refractivity contribution in [2.45, 2.75) is 37.7 Å². The van der Waals surface area contributed by atoms with Gasteiger partial charge >= 0.3 is 0 Å². The molecule has 0 radical (unpaired) electrons. The summed E-state index contributed by atoms with van der Waals surface area (Å²) in [5.41, 5.74) is 0.982. The van der Waals surface area contributed by atoms with E-state index < -0.39 is 0 Å². The average Bonchev–Trinajstić information content (AvgIpc) is 2.73. The Labute approximate surface area is 100 Å².